The van der Waals surface area contributed by atoms with Crippen LogP contribution in [0.25, 0.3) is 0 Å². The molecular formula is C39H41N3O3. The van der Waals surface area contributed by atoms with Crippen LogP contribution >= 0.6 is 0 Å². The van der Waals surface area contributed by atoms with Crippen molar-refractivity contribution >= 4 is 17.7 Å². The van der Waals surface area contributed by atoms with Gasteiger partial charge in [0.15, 0.2) is 0 Å². The molecule has 3 unspecified atom stereocenters. The highest BCUT2D eigenvalue weighted by atomic mass is 16.2. The van der Waals surface area contributed by atoms with Gasteiger partial charge in [0.05, 0.1) is 12.0 Å². The summed E-state index contributed by atoms with van der Waals surface area (Å²) in [6.07, 6.45) is 5.89. The molecule has 1 heterocycles. The molecule has 0 spiro atoms. The number of nitrogens with one attached hydrogen (secondary N) is 2. The van der Waals surface area contributed by atoms with Gasteiger partial charge in [-0.05, 0) is 41.5 Å². The third kappa shape index (κ3) is 7.17. The van der Waals surface area contributed by atoms with Crippen molar-refractivity contribution in [2.75, 3.05) is 0 Å². The van der Waals surface area contributed by atoms with Crippen LogP contribution in [-0.4, -0.2) is 46.8 Å². The standard InChI is InChI=1S/C39H41N3O3/c43-37-34(27-29-18-8-2-9-19-29)42(39(45)35(30-20-10-3-11-21-30)31-22-12-4-13-23-31)36(38(44)40-32-24-14-5-15-25-32)33(41-37)26-28-16-6-1-7-17-28/h1-4,6-13,16-23,32-36H,5,14-15,24-27H2,(H,40,44)(H,41,43). The minimum absolute atomic E-state index is 0.0600. The topological polar surface area (TPSA) is 78.5 Å². The minimum Gasteiger partial charge on any atom is -0.352 e. The summed E-state index contributed by atoms with van der Waals surface area (Å²) in [5.41, 5.74) is 3.57. The predicted octanol–water partition coefficient (Wildman–Crippen LogP) is 5.82. The summed E-state index contributed by atoms with van der Waals surface area (Å²) in [6, 6.07) is 36.7. The molecule has 4 aromatic carbocycles. The second-order valence-corrected chi connectivity index (χ2v) is 12.3. The number of carbonyl (C=O) groups is 3. The van der Waals surface area contributed by atoms with E-state index >= 15 is 4.79 Å². The summed E-state index contributed by atoms with van der Waals surface area (Å²) in [5, 5.41) is 6.54. The van der Waals surface area contributed by atoms with Gasteiger partial charge in [0.25, 0.3) is 0 Å². The smallest absolute Gasteiger partial charge is 0.245 e. The van der Waals surface area contributed by atoms with Crippen molar-refractivity contribution in [3.8, 4) is 0 Å². The van der Waals surface area contributed by atoms with E-state index in [9.17, 15) is 9.59 Å². The van der Waals surface area contributed by atoms with Crippen molar-refractivity contribution in [2.24, 2.45) is 0 Å². The lowest BCUT2D eigenvalue weighted by atomic mass is 9.85. The zero-order valence-corrected chi connectivity index (χ0v) is 25.6. The van der Waals surface area contributed by atoms with Crippen molar-refractivity contribution < 1.29 is 14.4 Å². The SMILES string of the molecule is O=C1NC(Cc2ccccc2)C(C(=O)NC2CCCCC2)N(C(=O)C(c2ccccc2)c2ccccc2)C1Cc1ccccc1. The van der Waals surface area contributed by atoms with E-state index in [-0.39, 0.29) is 23.8 Å². The summed E-state index contributed by atoms with van der Waals surface area (Å²) in [5.74, 6) is -1.37. The summed E-state index contributed by atoms with van der Waals surface area (Å²) in [4.78, 5) is 45.5. The molecule has 0 bridgehead atoms. The Morgan fingerprint density at radius 2 is 1.18 bits per heavy atom. The highest BCUT2D eigenvalue weighted by Gasteiger charge is 2.49. The van der Waals surface area contributed by atoms with Gasteiger partial charge in [-0.3, -0.25) is 14.4 Å². The first-order chi connectivity index (χ1) is 22.1. The predicted molar refractivity (Wildman–Crippen MR) is 176 cm³/mol. The quantitative estimate of drug-likeness (QED) is 0.255. The number of benzene rings is 4. The first kappa shape index (κ1) is 30.3. The minimum atomic E-state index is -0.888. The van der Waals surface area contributed by atoms with Crippen molar-refractivity contribution in [3.05, 3.63) is 144 Å². The van der Waals surface area contributed by atoms with E-state index < -0.39 is 24.0 Å². The van der Waals surface area contributed by atoms with Gasteiger partial charge in [-0.2, -0.15) is 0 Å². The monoisotopic (exact) mass is 599 g/mol. The fourth-order valence-electron chi connectivity index (χ4n) is 6.98. The van der Waals surface area contributed by atoms with E-state index in [0.29, 0.717) is 12.8 Å². The van der Waals surface area contributed by atoms with E-state index in [1.807, 2.05) is 121 Å². The van der Waals surface area contributed by atoms with Crippen LogP contribution in [0.4, 0.5) is 0 Å². The molecule has 6 nitrogen and oxygen atoms in total. The molecule has 45 heavy (non-hydrogen) atoms. The van der Waals surface area contributed by atoms with Crippen LogP contribution in [0, 0.1) is 0 Å². The maximum atomic E-state index is 15.2. The zero-order chi connectivity index (χ0) is 31.0. The Bertz CT molecular complexity index is 1520. The number of amides is 3. The molecular weight excluding hydrogens is 558 g/mol. The van der Waals surface area contributed by atoms with Crippen molar-refractivity contribution in [1.82, 2.24) is 15.5 Å². The van der Waals surface area contributed by atoms with Crippen LogP contribution in [0.2, 0.25) is 0 Å². The second kappa shape index (κ2) is 14.4. The molecule has 0 aromatic heterocycles. The summed E-state index contributed by atoms with van der Waals surface area (Å²) in [6.45, 7) is 0. The van der Waals surface area contributed by atoms with Gasteiger partial charge < -0.3 is 15.5 Å². The fourth-order valence-corrected chi connectivity index (χ4v) is 6.98. The lowest BCUT2D eigenvalue weighted by Gasteiger charge is -2.47. The number of rotatable bonds is 9. The van der Waals surface area contributed by atoms with Gasteiger partial charge in [-0.15, -0.1) is 0 Å². The molecule has 1 saturated heterocycles. The Morgan fingerprint density at radius 1 is 0.689 bits per heavy atom. The molecule has 1 saturated carbocycles. The molecule has 6 heteroatoms. The third-order valence-corrected chi connectivity index (χ3v) is 9.20. The average molecular weight is 600 g/mol. The van der Waals surface area contributed by atoms with Crippen LogP contribution in [0.1, 0.15) is 60.3 Å². The van der Waals surface area contributed by atoms with Gasteiger partial charge in [-0.1, -0.05) is 141 Å². The Labute approximate surface area is 265 Å². The molecule has 1 aliphatic carbocycles. The van der Waals surface area contributed by atoms with Crippen molar-refractivity contribution in [1.29, 1.82) is 0 Å². The highest BCUT2D eigenvalue weighted by molar-refractivity contribution is 5.99. The Morgan fingerprint density at radius 3 is 1.71 bits per heavy atom. The van der Waals surface area contributed by atoms with Crippen molar-refractivity contribution in [3.63, 3.8) is 0 Å². The van der Waals surface area contributed by atoms with Gasteiger partial charge >= 0.3 is 0 Å². The highest BCUT2D eigenvalue weighted by Crippen LogP contribution is 2.32. The molecule has 0 radical (unpaired) electrons. The molecule has 3 atom stereocenters. The zero-order valence-electron chi connectivity index (χ0n) is 25.6. The normalized spacial score (nSPS) is 20.4. The Kier molecular flexibility index (Phi) is 9.69. The molecule has 2 fully saturated rings. The number of nitrogens with zero attached hydrogens (tertiary/aromatic N) is 1. The largest absolute Gasteiger partial charge is 0.352 e. The average Bonchev–Trinajstić information content (AvgIpc) is 3.08. The van der Waals surface area contributed by atoms with Gasteiger partial charge in [0.2, 0.25) is 17.7 Å². The van der Waals surface area contributed by atoms with Crippen molar-refractivity contribution in [2.45, 2.75) is 75.0 Å². The van der Waals surface area contributed by atoms with E-state index in [4.69, 9.17) is 0 Å². The number of hydrogen-bond donors (Lipinski definition) is 2. The van der Waals surface area contributed by atoms with Crippen LogP contribution in [0.3, 0.4) is 0 Å². The number of carbonyl (C=O) groups excluding carboxylic acids is 3. The summed E-state index contributed by atoms with van der Waals surface area (Å²) < 4.78 is 0. The Hall–Kier alpha value is -4.71. The van der Waals surface area contributed by atoms with E-state index in [1.165, 1.54) is 6.42 Å². The maximum Gasteiger partial charge on any atom is 0.245 e. The third-order valence-electron chi connectivity index (χ3n) is 9.20. The van der Waals surface area contributed by atoms with Crippen LogP contribution in [0.5, 0.6) is 0 Å². The first-order valence-electron chi connectivity index (χ1n) is 16.2. The van der Waals surface area contributed by atoms with Gasteiger partial charge in [0, 0.05) is 12.5 Å². The molecule has 4 aromatic rings. The van der Waals surface area contributed by atoms with Gasteiger partial charge in [-0.25, -0.2) is 0 Å². The van der Waals surface area contributed by atoms with E-state index in [0.717, 1.165) is 47.9 Å². The Balaban J connectivity index is 1.46. The van der Waals surface area contributed by atoms with E-state index in [1.54, 1.807) is 4.90 Å². The molecule has 2 N–H and O–H groups in total. The number of piperazine rings is 1. The molecule has 230 valence electrons. The summed E-state index contributed by atoms with van der Waals surface area (Å²) >= 11 is 0. The summed E-state index contributed by atoms with van der Waals surface area (Å²) in [7, 11) is 0. The van der Waals surface area contributed by atoms with Crippen LogP contribution in [0.15, 0.2) is 121 Å². The maximum absolute atomic E-state index is 15.2. The first-order valence-corrected chi connectivity index (χ1v) is 16.2. The molecule has 2 aliphatic rings. The fraction of sp³-hybridized carbons (Fsp3) is 0.308. The van der Waals surface area contributed by atoms with Crippen LogP contribution < -0.4 is 10.6 Å². The molecule has 1 aliphatic heterocycles. The van der Waals surface area contributed by atoms with Gasteiger partial charge in [0.1, 0.15) is 12.1 Å². The molecule has 6 rings (SSSR count). The molecule has 3 amide bonds. The number of hydrogen-bond acceptors (Lipinski definition) is 3. The second-order valence-electron chi connectivity index (χ2n) is 12.3. The lowest BCUT2D eigenvalue weighted by molar-refractivity contribution is -0.155. The van der Waals surface area contributed by atoms with Crippen LogP contribution in [-0.2, 0) is 27.2 Å². The lowest BCUT2D eigenvalue weighted by Crippen LogP contribution is -2.72. The van der Waals surface area contributed by atoms with E-state index in [2.05, 4.69) is 10.6 Å².